The zero-order chi connectivity index (χ0) is 19.7. The molecular formula is C17H19F3N2O4S. The number of amides is 1. The van der Waals surface area contributed by atoms with Gasteiger partial charge in [-0.05, 0) is 55.5 Å². The third-order valence-corrected chi connectivity index (χ3v) is 6.10. The van der Waals surface area contributed by atoms with E-state index in [1.165, 1.54) is 10.4 Å². The molecule has 6 nitrogen and oxygen atoms in total. The van der Waals surface area contributed by atoms with Gasteiger partial charge in [0.2, 0.25) is 15.9 Å². The van der Waals surface area contributed by atoms with Crippen molar-refractivity contribution >= 4 is 15.9 Å². The Morgan fingerprint density at radius 1 is 1.22 bits per heavy atom. The van der Waals surface area contributed by atoms with Gasteiger partial charge in [0.05, 0.1) is 4.90 Å². The van der Waals surface area contributed by atoms with Gasteiger partial charge in [0, 0.05) is 25.2 Å². The van der Waals surface area contributed by atoms with E-state index >= 15 is 0 Å². The number of hydrogen-bond acceptors (Lipinski definition) is 4. The van der Waals surface area contributed by atoms with Crippen LogP contribution in [0.3, 0.4) is 0 Å². The van der Waals surface area contributed by atoms with Crippen molar-refractivity contribution in [3.63, 3.8) is 0 Å². The molecule has 1 aromatic rings. The van der Waals surface area contributed by atoms with Gasteiger partial charge in [0.15, 0.2) is 0 Å². The van der Waals surface area contributed by atoms with E-state index in [0.717, 1.165) is 37.1 Å². The number of carbonyl (C=O) groups is 1. The summed E-state index contributed by atoms with van der Waals surface area (Å²) in [7, 11) is -3.88. The molecule has 0 atom stereocenters. The zero-order valence-electron chi connectivity index (χ0n) is 14.3. The molecule has 27 heavy (non-hydrogen) atoms. The maximum Gasteiger partial charge on any atom is 0.573 e. The highest BCUT2D eigenvalue weighted by Crippen LogP contribution is 2.27. The van der Waals surface area contributed by atoms with Crippen LogP contribution in [0.25, 0.3) is 0 Å². The molecule has 0 radical (unpaired) electrons. The van der Waals surface area contributed by atoms with Gasteiger partial charge in [-0.15, -0.1) is 13.2 Å². The molecule has 0 spiro atoms. The van der Waals surface area contributed by atoms with Gasteiger partial charge in [0.25, 0.3) is 0 Å². The number of alkyl halides is 3. The molecule has 10 heteroatoms. The van der Waals surface area contributed by atoms with Gasteiger partial charge in [-0.2, -0.15) is 4.31 Å². The second-order valence-corrected chi connectivity index (χ2v) is 8.48. The summed E-state index contributed by atoms with van der Waals surface area (Å²) in [5, 5.41) is 2.82. The van der Waals surface area contributed by atoms with Crippen LogP contribution in [0.15, 0.2) is 40.8 Å². The topological polar surface area (TPSA) is 75.7 Å². The lowest BCUT2D eigenvalue weighted by atomic mass is 10.1. The number of rotatable bonds is 5. The van der Waals surface area contributed by atoms with E-state index in [1.807, 2.05) is 0 Å². The Morgan fingerprint density at radius 3 is 2.48 bits per heavy atom. The SMILES string of the molecule is O=C(C=C1CCCN(S(=O)(=O)c2ccc(OC(F)(F)F)cc2)C1)NC1CC1. The summed E-state index contributed by atoms with van der Waals surface area (Å²) in [5.41, 5.74) is 0.708. The Kier molecular flexibility index (Phi) is 5.48. The van der Waals surface area contributed by atoms with Gasteiger partial charge in [-0.3, -0.25) is 4.79 Å². The maximum absolute atomic E-state index is 12.7. The van der Waals surface area contributed by atoms with Crippen LogP contribution in [0, 0.1) is 0 Å². The largest absolute Gasteiger partial charge is 0.573 e. The predicted molar refractivity (Wildman–Crippen MR) is 90.4 cm³/mol. The van der Waals surface area contributed by atoms with E-state index in [2.05, 4.69) is 10.1 Å². The van der Waals surface area contributed by atoms with Crippen molar-refractivity contribution in [2.75, 3.05) is 13.1 Å². The number of piperidine rings is 1. The highest BCUT2D eigenvalue weighted by atomic mass is 32.2. The quantitative estimate of drug-likeness (QED) is 0.766. The molecule has 1 aliphatic heterocycles. The van der Waals surface area contributed by atoms with Crippen molar-refractivity contribution in [1.29, 1.82) is 0 Å². The molecule has 1 heterocycles. The summed E-state index contributed by atoms with van der Waals surface area (Å²) >= 11 is 0. The summed E-state index contributed by atoms with van der Waals surface area (Å²) in [6, 6.07) is 4.30. The van der Waals surface area contributed by atoms with Crippen molar-refractivity contribution in [3.8, 4) is 5.75 Å². The molecule has 1 aromatic carbocycles. The minimum atomic E-state index is -4.84. The van der Waals surface area contributed by atoms with Crippen LogP contribution in [0.2, 0.25) is 0 Å². The molecule has 0 unspecified atom stereocenters. The highest BCUT2D eigenvalue weighted by Gasteiger charge is 2.32. The van der Waals surface area contributed by atoms with Gasteiger partial charge in [-0.25, -0.2) is 8.42 Å². The van der Waals surface area contributed by atoms with Crippen LogP contribution >= 0.6 is 0 Å². The first kappa shape index (κ1) is 19.7. The van der Waals surface area contributed by atoms with Gasteiger partial charge in [0.1, 0.15) is 5.75 Å². The minimum Gasteiger partial charge on any atom is -0.406 e. The number of sulfonamides is 1. The van der Waals surface area contributed by atoms with E-state index in [4.69, 9.17) is 0 Å². The zero-order valence-corrected chi connectivity index (χ0v) is 15.1. The van der Waals surface area contributed by atoms with Crippen LogP contribution in [0.1, 0.15) is 25.7 Å². The normalized spacial score (nSPS) is 20.5. The number of carbonyl (C=O) groups excluding carboxylic acids is 1. The standard InChI is InChI=1S/C17H19F3N2O4S/c18-17(19,20)26-14-5-7-15(8-6-14)27(24,25)22-9-1-2-12(11-22)10-16(23)21-13-3-4-13/h5-8,10,13H,1-4,9,11H2,(H,21,23). The van der Waals surface area contributed by atoms with Crippen molar-refractivity contribution in [3.05, 3.63) is 35.9 Å². The number of hydrogen-bond donors (Lipinski definition) is 1. The number of halogens is 3. The fourth-order valence-electron chi connectivity index (χ4n) is 2.81. The fourth-order valence-corrected chi connectivity index (χ4v) is 4.29. The monoisotopic (exact) mass is 404 g/mol. The first-order chi connectivity index (χ1) is 12.6. The molecule has 1 saturated heterocycles. The fraction of sp³-hybridized carbons (Fsp3) is 0.471. The summed E-state index contributed by atoms with van der Waals surface area (Å²) < 4.78 is 67.1. The van der Waals surface area contributed by atoms with Crippen LogP contribution in [-0.4, -0.2) is 44.1 Å². The number of benzene rings is 1. The van der Waals surface area contributed by atoms with Crippen LogP contribution in [-0.2, 0) is 14.8 Å². The van der Waals surface area contributed by atoms with Crippen LogP contribution < -0.4 is 10.1 Å². The summed E-state index contributed by atoms with van der Waals surface area (Å²) in [5.74, 6) is -0.710. The van der Waals surface area contributed by atoms with Gasteiger partial charge >= 0.3 is 6.36 Å². The molecule has 2 fully saturated rings. The Balaban J connectivity index is 1.69. The lowest BCUT2D eigenvalue weighted by molar-refractivity contribution is -0.274. The summed E-state index contributed by atoms with van der Waals surface area (Å²) in [4.78, 5) is 11.8. The highest BCUT2D eigenvalue weighted by molar-refractivity contribution is 7.89. The molecule has 1 N–H and O–H groups in total. The van der Waals surface area contributed by atoms with E-state index in [-0.39, 0.29) is 29.9 Å². The molecule has 0 aromatic heterocycles. The third-order valence-electron chi connectivity index (χ3n) is 4.24. The van der Waals surface area contributed by atoms with E-state index < -0.39 is 22.1 Å². The molecule has 1 amide bonds. The van der Waals surface area contributed by atoms with Gasteiger partial charge in [-0.1, -0.05) is 0 Å². The lowest BCUT2D eigenvalue weighted by Crippen LogP contribution is -2.37. The molecule has 2 aliphatic rings. The molecule has 1 saturated carbocycles. The predicted octanol–water partition coefficient (Wildman–Crippen LogP) is 2.57. The second-order valence-electron chi connectivity index (χ2n) is 6.55. The molecule has 0 bridgehead atoms. The molecule has 3 rings (SSSR count). The maximum atomic E-state index is 12.7. The van der Waals surface area contributed by atoms with Crippen molar-refractivity contribution in [2.24, 2.45) is 0 Å². The molecular weight excluding hydrogens is 385 g/mol. The number of nitrogens with one attached hydrogen (secondary N) is 1. The Labute approximate surface area is 155 Å². The summed E-state index contributed by atoms with van der Waals surface area (Å²) in [6.07, 6.45) is -0.277. The van der Waals surface area contributed by atoms with Crippen molar-refractivity contribution < 1.29 is 31.1 Å². The summed E-state index contributed by atoms with van der Waals surface area (Å²) in [6.45, 7) is 0.367. The van der Waals surface area contributed by atoms with E-state index in [0.29, 0.717) is 18.4 Å². The Morgan fingerprint density at radius 2 is 1.89 bits per heavy atom. The molecule has 1 aliphatic carbocycles. The average molecular weight is 404 g/mol. The number of ether oxygens (including phenoxy) is 1. The Hall–Kier alpha value is -2.07. The average Bonchev–Trinajstić information content (AvgIpc) is 3.38. The first-order valence-electron chi connectivity index (χ1n) is 8.49. The molecule has 148 valence electrons. The number of nitrogens with zero attached hydrogens (tertiary/aromatic N) is 1. The smallest absolute Gasteiger partial charge is 0.406 e. The third kappa shape index (κ3) is 5.46. The Bertz CT molecular complexity index is 831. The first-order valence-corrected chi connectivity index (χ1v) is 9.93. The van der Waals surface area contributed by atoms with Crippen molar-refractivity contribution in [1.82, 2.24) is 9.62 Å². The van der Waals surface area contributed by atoms with Crippen LogP contribution in [0.4, 0.5) is 13.2 Å². The van der Waals surface area contributed by atoms with Crippen LogP contribution in [0.5, 0.6) is 5.75 Å². The van der Waals surface area contributed by atoms with Gasteiger partial charge < -0.3 is 10.1 Å². The minimum absolute atomic E-state index is 0.0845. The second kappa shape index (κ2) is 7.51. The van der Waals surface area contributed by atoms with E-state index in [1.54, 1.807) is 0 Å². The van der Waals surface area contributed by atoms with Crippen molar-refractivity contribution in [2.45, 2.75) is 43.0 Å². The lowest BCUT2D eigenvalue weighted by Gasteiger charge is -2.28. The van der Waals surface area contributed by atoms with E-state index in [9.17, 15) is 26.4 Å².